The fourth-order valence-corrected chi connectivity index (χ4v) is 11.5. The molecule has 256 valence electrons. The second-order valence-corrected chi connectivity index (χ2v) is 15.6. The Morgan fingerprint density at radius 1 is 1.00 bits per heavy atom. The molecule has 2 N–H and O–H groups in total. The molecule has 2 bridgehead atoms. The van der Waals surface area contributed by atoms with Crippen molar-refractivity contribution in [2.45, 2.75) is 22.6 Å². The molecule has 16 heteroatoms. The molecule has 1 saturated heterocycles. The number of carbonyl (C=O) groups is 3. The number of nitro groups is 1. The number of H-pyrrole nitrogens is 1. The first-order chi connectivity index (χ1) is 24.0. The van der Waals surface area contributed by atoms with Gasteiger partial charge in [0.2, 0.25) is 11.8 Å². The molecule has 2 aliphatic heterocycles. The monoisotopic (exact) mass is 752 g/mol. The summed E-state index contributed by atoms with van der Waals surface area (Å²) < 4.78 is 11.5. The number of thioether (sulfide) groups is 1. The number of nitrogens with one attached hydrogen (secondary N) is 2. The van der Waals surface area contributed by atoms with Crippen LogP contribution in [0.5, 0.6) is 11.5 Å². The highest BCUT2D eigenvalue weighted by molar-refractivity contribution is 8.00. The minimum absolute atomic E-state index is 0.0375. The van der Waals surface area contributed by atoms with Crippen molar-refractivity contribution in [3.05, 3.63) is 101 Å². The van der Waals surface area contributed by atoms with Gasteiger partial charge in [0.1, 0.15) is 0 Å². The lowest BCUT2D eigenvalue weighted by Gasteiger charge is -2.43. The Hall–Kier alpha value is -4.37. The zero-order valence-electron chi connectivity index (χ0n) is 26.0. The third-order valence-corrected chi connectivity index (χ3v) is 13.5. The lowest BCUT2D eigenvalue weighted by atomic mass is 9.68. The number of ether oxygens (including phenoxy) is 2. The van der Waals surface area contributed by atoms with E-state index in [4.69, 9.17) is 32.7 Å². The summed E-state index contributed by atoms with van der Waals surface area (Å²) in [6, 6.07) is 15.7. The highest BCUT2D eigenvalue weighted by Crippen LogP contribution is 2.68. The number of anilines is 2. The third-order valence-electron chi connectivity index (χ3n) is 10.2. The lowest BCUT2D eigenvalue weighted by Crippen LogP contribution is -2.42. The highest BCUT2D eigenvalue weighted by Gasteiger charge is 2.69. The summed E-state index contributed by atoms with van der Waals surface area (Å²) in [5, 5.41) is 15.3. The van der Waals surface area contributed by atoms with Gasteiger partial charge in [-0.2, -0.15) is 0 Å². The van der Waals surface area contributed by atoms with Gasteiger partial charge in [-0.05, 0) is 72.2 Å². The van der Waals surface area contributed by atoms with Crippen molar-refractivity contribution in [2.24, 2.45) is 29.6 Å². The van der Waals surface area contributed by atoms with Crippen LogP contribution in [0.25, 0.3) is 0 Å². The van der Waals surface area contributed by atoms with Gasteiger partial charge in [-0.25, -0.2) is 0 Å². The Balaban J connectivity index is 1.07. The number of halogens is 2. The molecule has 0 spiro atoms. The summed E-state index contributed by atoms with van der Waals surface area (Å²) in [4.78, 5) is 68.8. The minimum atomic E-state index is -0.539. The topological polar surface area (TPSA) is 161 Å². The number of thiazole rings is 1. The Kier molecular flexibility index (Phi) is 8.17. The van der Waals surface area contributed by atoms with Gasteiger partial charge in [0, 0.05) is 33.9 Å². The largest absolute Gasteiger partial charge is 0.493 e. The second-order valence-electron chi connectivity index (χ2n) is 12.6. The summed E-state index contributed by atoms with van der Waals surface area (Å²) in [5.74, 6) is -1.88. The van der Waals surface area contributed by atoms with Gasteiger partial charge < -0.3 is 19.8 Å². The quantitative estimate of drug-likeness (QED) is 0.119. The molecule has 3 amide bonds. The lowest BCUT2D eigenvalue weighted by molar-refractivity contribution is -0.384. The molecule has 3 aromatic carbocycles. The van der Waals surface area contributed by atoms with Crippen molar-refractivity contribution < 1.29 is 28.8 Å². The van der Waals surface area contributed by atoms with Crippen LogP contribution in [0.3, 0.4) is 0 Å². The molecule has 0 radical (unpaired) electrons. The van der Waals surface area contributed by atoms with Crippen LogP contribution in [-0.4, -0.2) is 46.6 Å². The van der Waals surface area contributed by atoms with E-state index in [9.17, 15) is 29.3 Å². The van der Waals surface area contributed by atoms with E-state index in [0.29, 0.717) is 39.3 Å². The van der Waals surface area contributed by atoms with E-state index in [0.717, 1.165) is 26.8 Å². The van der Waals surface area contributed by atoms with Gasteiger partial charge in [0.05, 0.1) is 44.6 Å². The van der Waals surface area contributed by atoms with Crippen molar-refractivity contribution in [2.75, 3.05) is 23.9 Å². The maximum absolute atomic E-state index is 14.0. The van der Waals surface area contributed by atoms with Crippen LogP contribution in [0.15, 0.2) is 70.5 Å². The number of nitrogens with zero attached hydrogens (tertiary/aromatic N) is 2. The zero-order chi connectivity index (χ0) is 35.0. The number of hydrogen-bond donors (Lipinski definition) is 2. The fraction of sp³-hybridized carbons (Fsp3) is 0.294. The Morgan fingerprint density at radius 3 is 2.44 bits per heavy atom. The van der Waals surface area contributed by atoms with Crippen LogP contribution in [0, 0.1) is 39.7 Å². The Labute approximate surface area is 302 Å². The van der Waals surface area contributed by atoms with Crippen LogP contribution < -0.4 is 24.6 Å². The standard InChI is InChI=1S/C34H26Cl2N4O8S2/c1-47-23-10-14(2-9-22(23)48-13-24(41)37-15-3-8-20(35)21(36)11-15)25-26-18-12-19(29(26)49-31-30(25)50-34(44)38-31)28-27(18)32(42)39(33(28)43)16-4-6-17(7-5-16)40(45)46/h2-11,18-19,25-29H,12-13H2,1H3,(H,37,41)(H,38,44)/t18-,19-,25-,26?,27?,28?,29?/m1/s1. The number of aromatic amines is 1. The molecule has 2 saturated carbocycles. The molecule has 1 aromatic heterocycles. The number of nitro benzene ring substituents is 1. The molecule has 2 aliphatic carbocycles. The van der Waals surface area contributed by atoms with Crippen LogP contribution in [0.4, 0.5) is 17.1 Å². The van der Waals surface area contributed by atoms with Crippen molar-refractivity contribution in [3.63, 3.8) is 0 Å². The molecule has 3 fully saturated rings. The van der Waals surface area contributed by atoms with E-state index in [1.165, 1.54) is 42.3 Å². The van der Waals surface area contributed by atoms with Crippen molar-refractivity contribution in [3.8, 4) is 11.5 Å². The molecule has 12 nitrogen and oxygen atoms in total. The Bertz CT molecular complexity index is 2160. The first kappa shape index (κ1) is 32.8. The molecule has 4 aromatic rings. The number of benzene rings is 3. The van der Waals surface area contributed by atoms with E-state index in [2.05, 4.69) is 10.3 Å². The van der Waals surface area contributed by atoms with E-state index < -0.39 is 22.7 Å². The van der Waals surface area contributed by atoms with Crippen LogP contribution in [-0.2, 0) is 14.4 Å². The van der Waals surface area contributed by atoms with E-state index in [1.54, 1.807) is 30.0 Å². The fourth-order valence-electron chi connectivity index (χ4n) is 8.28. The number of rotatable bonds is 8. The molecular weight excluding hydrogens is 727 g/mol. The van der Waals surface area contributed by atoms with Crippen LogP contribution in [0.2, 0.25) is 10.0 Å². The Morgan fingerprint density at radius 2 is 1.74 bits per heavy atom. The van der Waals surface area contributed by atoms with Crippen molar-refractivity contribution in [1.29, 1.82) is 0 Å². The highest BCUT2D eigenvalue weighted by atomic mass is 35.5. The number of aromatic nitrogens is 1. The molecule has 8 rings (SSSR count). The van der Waals surface area contributed by atoms with Gasteiger partial charge in [-0.1, -0.05) is 40.6 Å². The van der Waals surface area contributed by atoms with E-state index in [1.807, 2.05) is 12.1 Å². The number of carbonyl (C=O) groups excluding carboxylic acids is 3. The second kappa shape index (κ2) is 12.4. The molecular formula is C34H26Cl2N4O8S2. The SMILES string of the molecule is COc1cc([C@H]2c3sc(=O)[nH]c3SC3C2[C@H]2C[C@@H]3C3C(=O)N(c4ccc([N+](=O)[O-])cc4)C(=O)C32)ccc1OCC(=O)Nc1ccc(Cl)c(Cl)c1. The smallest absolute Gasteiger partial charge is 0.305 e. The molecule has 4 aliphatic rings. The number of methoxy groups -OCH3 is 1. The number of amides is 3. The first-order valence-corrected chi connectivity index (χ1v) is 18.1. The van der Waals surface area contributed by atoms with Crippen LogP contribution in [0.1, 0.15) is 22.8 Å². The summed E-state index contributed by atoms with van der Waals surface area (Å²) in [6.07, 6.45) is 0.700. The first-order valence-electron chi connectivity index (χ1n) is 15.6. The molecule has 3 heterocycles. The summed E-state index contributed by atoms with van der Waals surface area (Å²) >= 11 is 14.7. The predicted molar refractivity (Wildman–Crippen MR) is 188 cm³/mol. The average molecular weight is 754 g/mol. The third kappa shape index (κ3) is 5.27. The number of fused-ring (bicyclic) bond motifs is 9. The van der Waals surface area contributed by atoms with Gasteiger partial charge in [0.15, 0.2) is 18.1 Å². The molecule has 7 atom stereocenters. The molecule has 4 unspecified atom stereocenters. The van der Waals surface area contributed by atoms with E-state index >= 15 is 0 Å². The summed E-state index contributed by atoms with van der Waals surface area (Å²) in [5.41, 5.74) is 1.51. The van der Waals surface area contributed by atoms with Crippen LogP contribution >= 0.6 is 46.3 Å². The summed E-state index contributed by atoms with van der Waals surface area (Å²) in [6.45, 7) is -0.307. The zero-order valence-corrected chi connectivity index (χ0v) is 29.1. The number of non-ortho nitro benzene ring substituents is 1. The van der Waals surface area contributed by atoms with Gasteiger partial charge >= 0.3 is 4.87 Å². The number of hydrogen-bond acceptors (Lipinski definition) is 10. The maximum Gasteiger partial charge on any atom is 0.305 e. The average Bonchev–Trinajstić information content (AvgIpc) is 3.84. The van der Waals surface area contributed by atoms with Gasteiger partial charge in [0.25, 0.3) is 11.6 Å². The maximum atomic E-state index is 14.0. The number of imide groups is 1. The van der Waals surface area contributed by atoms with Crippen molar-refractivity contribution >= 4 is 81.1 Å². The normalized spacial score (nSPS) is 26.0. The predicted octanol–water partition coefficient (Wildman–Crippen LogP) is 6.36. The minimum Gasteiger partial charge on any atom is -0.493 e. The van der Waals surface area contributed by atoms with Crippen molar-refractivity contribution in [1.82, 2.24) is 4.98 Å². The summed E-state index contributed by atoms with van der Waals surface area (Å²) in [7, 11) is 1.50. The van der Waals surface area contributed by atoms with E-state index in [-0.39, 0.29) is 57.9 Å². The van der Waals surface area contributed by atoms with Gasteiger partial charge in [-0.3, -0.25) is 34.2 Å². The molecule has 50 heavy (non-hydrogen) atoms. The van der Waals surface area contributed by atoms with Gasteiger partial charge in [-0.15, -0.1) is 11.8 Å².